The van der Waals surface area contributed by atoms with E-state index >= 15 is 0 Å². The van der Waals surface area contributed by atoms with Crippen LogP contribution in [0.15, 0.2) is 0 Å². The third-order valence-electron chi connectivity index (χ3n) is 6.29. The van der Waals surface area contributed by atoms with E-state index in [1.54, 1.807) is 0 Å². The van der Waals surface area contributed by atoms with E-state index in [4.69, 9.17) is 29.2 Å². The van der Waals surface area contributed by atoms with Crippen LogP contribution in [0.25, 0.3) is 0 Å². The molecule has 2 atom stereocenters. The third-order valence-corrected chi connectivity index (χ3v) is 6.29. The number of halogens is 1. The SMILES string of the molecule is CCOC(=O)C12CCC(NCC(=O)N3C[C@@H](F)C[C@H]3C#N)(CC1)CC2.O=P(O)(O)O. The van der Waals surface area contributed by atoms with E-state index in [0.29, 0.717) is 6.61 Å². The van der Waals surface area contributed by atoms with Crippen molar-refractivity contribution >= 4 is 19.7 Å². The number of fused-ring (bicyclic) bond motifs is 3. The molecule has 4 rings (SSSR count). The quantitative estimate of drug-likeness (QED) is 0.351. The van der Waals surface area contributed by atoms with Crippen LogP contribution in [-0.2, 0) is 18.9 Å². The number of hydrogen-bond acceptors (Lipinski definition) is 6. The van der Waals surface area contributed by atoms with Crippen LogP contribution in [0.4, 0.5) is 4.39 Å². The van der Waals surface area contributed by atoms with Gasteiger partial charge in [-0.1, -0.05) is 0 Å². The molecule has 30 heavy (non-hydrogen) atoms. The topological polar surface area (TPSA) is 160 Å². The summed E-state index contributed by atoms with van der Waals surface area (Å²) in [5.41, 5.74) is -0.466. The number of esters is 1. The molecule has 0 aromatic rings. The van der Waals surface area contributed by atoms with Crippen molar-refractivity contribution < 1.29 is 38.0 Å². The fraction of sp³-hybridized carbons (Fsp3) is 0.833. The molecular weight excluding hydrogens is 420 g/mol. The maximum absolute atomic E-state index is 13.5. The van der Waals surface area contributed by atoms with Crippen LogP contribution in [0, 0.1) is 16.7 Å². The van der Waals surface area contributed by atoms with E-state index in [1.165, 1.54) is 4.90 Å². The summed E-state index contributed by atoms with van der Waals surface area (Å²) in [7, 11) is -4.64. The number of phosphoric acid groups is 1. The highest BCUT2D eigenvalue weighted by molar-refractivity contribution is 7.45. The molecule has 4 aliphatic rings. The maximum atomic E-state index is 13.5. The van der Waals surface area contributed by atoms with Crippen LogP contribution < -0.4 is 5.32 Å². The fourth-order valence-electron chi connectivity index (χ4n) is 4.59. The van der Waals surface area contributed by atoms with Crippen molar-refractivity contribution in [1.82, 2.24) is 10.2 Å². The standard InChI is InChI=1S/C18H26FN3O3.H3O4P/c1-2-25-16(24)17-3-6-18(7-4-17,8-5-17)21-11-15(23)22-12-13(19)9-14(22)10-20;1-5(2,3)4/h13-14,21H,2-9,11-12H2,1H3;(H3,1,2,3,4)/t13-,14-,17?,18?;/m0./s1. The summed E-state index contributed by atoms with van der Waals surface area (Å²) in [6.07, 6.45) is 3.86. The van der Waals surface area contributed by atoms with E-state index in [9.17, 15) is 14.0 Å². The normalized spacial score (nSPS) is 32.7. The molecule has 4 N–H and O–H groups in total. The number of ether oxygens (including phenoxy) is 1. The summed E-state index contributed by atoms with van der Waals surface area (Å²) in [5.74, 6) is -0.295. The summed E-state index contributed by atoms with van der Waals surface area (Å²) in [6, 6.07) is 1.35. The molecule has 1 saturated heterocycles. The van der Waals surface area contributed by atoms with Crippen LogP contribution in [-0.4, -0.2) is 68.9 Å². The molecular formula is C18H29FN3O7P. The van der Waals surface area contributed by atoms with Crippen molar-refractivity contribution in [2.75, 3.05) is 19.7 Å². The Hall–Kier alpha value is -1.57. The summed E-state index contributed by atoms with van der Waals surface area (Å²) >= 11 is 0. The van der Waals surface area contributed by atoms with Crippen molar-refractivity contribution in [2.24, 2.45) is 5.41 Å². The van der Waals surface area contributed by atoms with Gasteiger partial charge < -0.3 is 29.6 Å². The number of alkyl halides is 1. The number of likely N-dealkylation sites (tertiary alicyclic amines) is 1. The van der Waals surface area contributed by atoms with Crippen LogP contribution in [0.3, 0.4) is 0 Å². The van der Waals surface area contributed by atoms with Crippen molar-refractivity contribution in [2.45, 2.75) is 69.6 Å². The average Bonchev–Trinajstić information content (AvgIpc) is 3.07. The van der Waals surface area contributed by atoms with Crippen molar-refractivity contribution in [3.63, 3.8) is 0 Å². The first kappa shape index (κ1) is 24.7. The van der Waals surface area contributed by atoms with Crippen molar-refractivity contribution in [3.8, 4) is 6.07 Å². The molecule has 4 fully saturated rings. The molecule has 2 bridgehead atoms. The number of carbonyl (C=O) groups is 2. The number of amides is 1. The molecule has 0 aromatic carbocycles. The minimum atomic E-state index is -4.64. The van der Waals surface area contributed by atoms with Gasteiger partial charge in [0.25, 0.3) is 0 Å². The number of carbonyl (C=O) groups excluding carboxylic acids is 2. The highest BCUT2D eigenvalue weighted by atomic mass is 31.2. The van der Waals surface area contributed by atoms with Crippen LogP contribution in [0.5, 0.6) is 0 Å². The minimum Gasteiger partial charge on any atom is -0.466 e. The molecule has 1 aliphatic heterocycles. The third kappa shape index (κ3) is 6.22. The zero-order valence-corrected chi connectivity index (χ0v) is 17.8. The van der Waals surface area contributed by atoms with Gasteiger partial charge in [0.2, 0.25) is 5.91 Å². The van der Waals surface area contributed by atoms with Crippen LogP contribution in [0.1, 0.15) is 51.9 Å². The Kier molecular flexibility index (Phi) is 7.99. The van der Waals surface area contributed by atoms with Gasteiger partial charge in [-0.2, -0.15) is 5.26 Å². The van der Waals surface area contributed by atoms with E-state index < -0.39 is 20.0 Å². The minimum absolute atomic E-state index is 0.0116. The summed E-state index contributed by atoms with van der Waals surface area (Å²) in [5, 5.41) is 12.4. The lowest BCUT2D eigenvalue weighted by atomic mass is 9.57. The Morgan fingerprint density at radius 1 is 1.23 bits per heavy atom. The molecule has 0 unspecified atom stereocenters. The first-order valence-electron chi connectivity index (χ1n) is 9.97. The zero-order chi connectivity index (χ0) is 22.6. The highest BCUT2D eigenvalue weighted by Gasteiger charge is 2.53. The first-order chi connectivity index (χ1) is 13.9. The molecule has 3 aliphatic carbocycles. The first-order valence-corrected chi connectivity index (χ1v) is 11.5. The monoisotopic (exact) mass is 449 g/mol. The largest absolute Gasteiger partial charge is 0.466 e. The second-order valence-corrected chi connectivity index (χ2v) is 9.20. The predicted molar refractivity (Wildman–Crippen MR) is 102 cm³/mol. The second kappa shape index (κ2) is 9.71. The molecule has 0 radical (unpaired) electrons. The Morgan fingerprint density at radius 2 is 1.77 bits per heavy atom. The smallest absolute Gasteiger partial charge is 0.466 e. The maximum Gasteiger partial charge on any atom is 0.466 e. The van der Waals surface area contributed by atoms with Gasteiger partial charge in [-0.25, -0.2) is 8.96 Å². The fourth-order valence-corrected chi connectivity index (χ4v) is 4.59. The molecule has 1 amide bonds. The molecule has 10 nitrogen and oxygen atoms in total. The number of nitrogens with one attached hydrogen (secondary N) is 1. The van der Waals surface area contributed by atoms with Crippen LogP contribution in [0.2, 0.25) is 0 Å². The van der Waals surface area contributed by atoms with Crippen molar-refractivity contribution in [1.29, 1.82) is 5.26 Å². The summed E-state index contributed by atoms with van der Waals surface area (Å²) < 4.78 is 27.6. The summed E-state index contributed by atoms with van der Waals surface area (Å²) in [4.78, 5) is 47.6. The van der Waals surface area contributed by atoms with Gasteiger partial charge in [0.15, 0.2) is 0 Å². The molecule has 0 aromatic heterocycles. The van der Waals surface area contributed by atoms with E-state index in [2.05, 4.69) is 5.32 Å². The Labute approximate surface area is 174 Å². The summed E-state index contributed by atoms with van der Waals surface area (Å²) in [6.45, 7) is 2.37. The van der Waals surface area contributed by atoms with Gasteiger partial charge in [-0.15, -0.1) is 0 Å². The van der Waals surface area contributed by atoms with E-state index in [1.807, 2.05) is 13.0 Å². The highest BCUT2D eigenvalue weighted by Crippen LogP contribution is 2.52. The van der Waals surface area contributed by atoms with E-state index in [-0.39, 0.29) is 42.3 Å². The van der Waals surface area contributed by atoms with Gasteiger partial charge in [0.1, 0.15) is 12.2 Å². The second-order valence-electron chi connectivity index (χ2n) is 8.17. The van der Waals surface area contributed by atoms with E-state index in [0.717, 1.165) is 38.5 Å². The molecule has 1 heterocycles. The number of nitriles is 1. The number of nitrogens with zero attached hydrogens (tertiary/aromatic N) is 2. The van der Waals surface area contributed by atoms with Crippen molar-refractivity contribution in [3.05, 3.63) is 0 Å². The molecule has 170 valence electrons. The van der Waals surface area contributed by atoms with Crippen LogP contribution >= 0.6 is 7.82 Å². The zero-order valence-electron chi connectivity index (χ0n) is 16.9. The molecule has 0 spiro atoms. The van der Waals surface area contributed by atoms with Gasteiger partial charge in [0, 0.05) is 12.0 Å². The van der Waals surface area contributed by atoms with Gasteiger partial charge >= 0.3 is 13.8 Å². The average molecular weight is 449 g/mol. The predicted octanol–water partition coefficient (Wildman–Crippen LogP) is 0.766. The Balaban J connectivity index is 0.000000575. The van der Waals surface area contributed by atoms with Gasteiger partial charge in [-0.3, -0.25) is 9.59 Å². The van der Waals surface area contributed by atoms with Gasteiger partial charge in [-0.05, 0) is 45.4 Å². The molecule has 12 heteroatoms. The Bertz CT molecular complexity index is 705. The Morgan fingerprint density at radius 3 is 2.23 bits per heavy atom. The van der Waals surface area contributed by atoms with Gasteiger partial charge in [0.05, 0.1) is 31.2 Å². The molecule has 3 saturated carbocycles. The lowest BCUT2D eigenvalue weighted by Gasteiger charge is -2.52. The number of rotatable bonds is 5. The lowest BCUT2D eigenvalue weighted by Crippen LogP contribution is -2.58. The lowest BCUT2D eigenvalue weighted by molar-refractivity contribution is -0.163. The number of hydrogen-bond donors (Lipinski definition) is 4.